The third-order valence-corrected chi connectivity index (χ3v) is 4.68. The monoisotopic (exact) mass is 297 g/mol. The minimum absolute atomic E-state index is 0.00970. The molecule has 1 saturated heterocycles. The number of amides is 2. The molecule has 21 heavy (non-hydrogen) atoms. The number of carboxylic acid groups (broad SMARTS) is 1. The summed E-state index contributed by atoms with van der Waals surface area (Å²) >= 11 is 0. The average molecular weight is 297 g/mol. The third-order valence-electron chi connectivity index (χ3n) is 4.68. The van der Waals surface area contributed by atoms with Crippen molar-refractivity contribution in [2.75, 3.05) is 26.2 Å². The van der Waals surface area contributed by atoms with Gasteiger partial charge in [0.2, 0.25) is 0 Å². The summed E-state index contributed by atoms with van der Waals surface area (Å²) < 4.78 is 0. The number of aliphatic carboxylic acids is 1. The van der Waals surface area contributed by atoms with E-state index in [1.807, 2.05) is 4.90 Å². The van der Waals surface area contributed by atoms with Crippen molar-refractivity contribution in [3.8, 4) is 0 Å². The van der Waals surface area contributed by atoms with E-state index in [1.54, 1.807) is 0 Å². The fourth-order valence-corrected chi connectivity index (χ4v) is 3.25. The first-order chi connectivity index (χ1) is 9.97. The number of hydrogen-bond donors (Lipinski definition) is 2. The molecular weight excluding hydrogens is 270 g/mol. The molecule has 2 N–H and O–H groups in total. The first kappa shape index (κ1) is 16.1. The van der Waals surface area contributed by atoms with Gasteiger partial charge in [-0.1, -0.05) is 6.42 Å². The molecular formula is C15H27N3O3. The molecule has 1 heterocycles. The number of rotatable bonds is 3. The molecule has 1 saturated carbocycles. The van der Waals surface area contributed by atoms with Crippen LogP contribution in [0.3, 0.4) is 0 Å². The van der Waals surface area contributed by atoms with Gasteiger partial charge in [0.15, 0.2) is 0 Å². The molecule has 0 spiro atoms. The maximum absolute atomic E-state index is 12.3. The van der Waals surface area contributed by atoms with E-state index >= 15 is 0 Å². The second-order valence-corrected chi connectivity index (χ2v) is 6.46. The zero-order chi connectivity index (χ0) is 15.4. The van der Waals surface area contributed by atoms with Crippen LogP contribution in [0.25, 0.3) is 0 Å². The Kier molecular flexibility index (Phi) is 5.45. The van der Waals surface area contributed by atoms with Gasteiger partial charge in [-0.2, -0.15) is 0 Å². The van der Waals surface area contributed by atoms with Crippen LogP contribution in [0.4, 0.5) is 4.79 Å². The summed E-state index contributed by atoms with van der Waals surface area (Å²) in [5.41, 5.74) is 0. The van der Waals surface area contributed by atoms with Crippen molar-refractivity contribution in [2.24, 2.45) is 5.92 Å². The van der Waals surface area contributed by atoms with E-state index in [-0.39, 0.29) is 18.0 Å². The van der Waals surface area contributed by atoms with E-state index in [1.165, 1.54) is 0 Å². The summed E-state index contributed by atoms with van der Waals surface area (Å²) in [6.07, 6.45) is 3.06. The lowest BCUT2D eigenvalue weighted by molar-refractivity contribution is -0.143. The maximum Gasteiger partial charge on any atom is 0.317 e. The molecule has 2 rings (SSSR count). The van der Waals surface area contributed by atoms with E-state index in [0.717, 1.165) is 45.4 Å². The second-order valence-electron chi connectivity index (χ2n) is 6.46. The zero-order valence-corrected chi connectivity index (χ0v) is 13.0. The molecule has 2 unspecified atom stereocenters. The summed E-state index contributed by atoms with van der Waals surface area (Å²) in [4.78, 5) is 27.5. The Morgan fingerprint density at radius 2 is 1.81 bits per heavy atom. The first-order valence-corrected chi connectivity index (χ1v) is 7.99. The Hall–Kier alpha value is -1.30. The SMILES string of the molecule is CC(C)N1CCN(C(=O)NC2CCCC(C(=O)O)C2)CC1. The minimum Gasteiger partial charge on any atom is -0.481 e. The quantitative estimate of drug-likeness (QED) is 0.825. The van der Waals surface area contributed by atoms with Gasteiger partial charge in [0.05, 0.1) is 5.92 Å². The largest absolute Gasteiger partial charge is 0.481 e. The summed E-state index contributed by atoms with van der Waals surface area (Å²) in [5, 5.41) is 12.1. The van der Waals surface area contributed by atoms with Crippen LogP contribution in [-0.2, 0) is 4.79 Å². The van der Waals surface area contributed by atoms with Crippen LogP contribution in [0.1, 0.15) is 39.5 Å². The summed E-state index contributed by atoms with van der Waals surface area (Å²) in [5.74, 6) is -1.04. The standard InChI is InChI=1S/C15H27N3O3/c1-11(2)17-6-8-18(9-7-17)15(21)16-13-5-3-4-12(10-13)14(19)20/h11-13H,3-10H2,1-2H3,(H,16,21)(H,19,20). The molecule has 6 heteroatoms. The normalized spacial score (nSPS) is 27.7. The van der Waals surface area contributed by atoms with E-state index < -0.39 is 5.97 Å². The highest BCUT2D eigenvalue weighted by Gasteiger charge is 2.29. The van der Waals surface area contributed by atoms with Crippen molar-refractivity contribution in [2.45, 2.75) is 51.6 Å². The highest BCUT2D eigenvalue weighted by molar-refractivity contribution is 5.75. The lowest BCUT2D eigenvalue weighted by atomic mass is 9.86. The van der Waals surface area contributed by atoms with Gasteiger partial charge in [0, 0.05) is 38.3 Å². The number of nitrogens with zero attached hydrogens (tertiary/aromatic N) is 2. The lowest BCUT2D eigenvalue weighted by Gasteiger charge is -2.38. The predicted octanol–water partition coefficient (Wildman–Crippen LogP) is 1.37. The summed E-state index contributed by atoms with van der Waals surface area (Å²) in [6, 6.07) is 0.495. The van der Waals surface area contributed by atoms with E-state index in [4.69, 9.17) is 5.11 Å². The molecule has 0 bridgehead atoms. The summed E-state index contributed by atoms with van der Waals surface area (Å²) in [6.45, 7) is 7.66. The van der Waals surface area contributed by atoms with Crippen LogP contribution in [-0.4, -0.2) is 65.2 Å². The van der Waals surface area contributed by atoms with Crippen molar-refractivity contribution in [1.29, 1.82) is 0 Å². The maximum atomic E-state index is 12.3. The smallest absolute Gasteiger partial charge is 0.317 e. The molecule has 2 fully saturated rings. The number of urea groups is 1. The van der Waals surface area contributed by atoms with Gasteiger partial charge in [-0.25, -0.2) is 4.79 Å². The van der Waals surface area contributed by atoms with Crippen LogP contribution < -0.4 is 5.32 Å². The van der Waals surface area contributed by atoms with Gasteiger partial charge in [0.1, 0.15) is 0 Å². The zero-order valence-electron chi connectivity index (χ0n) is 13.0. The Bertz CT molecular complexity index is 378. The van der Waals surface area contributed by atoms with E-state index in [2.05, 4.69) is 24.1 Å². The van der Waals surface area contributed by atoms with E-state index in [0.29, 0.717) is 12.5 Å². The number of nitrogens with one attached hydrogen (secondary N) is 1. The Labute approximate surface area is 126 Å². The van der Waals surface area contributed by atoms with Gasteiger partial charge in [-0.3, -0.25) is 9.69 Å². The molecule has 2 aliphatic rings. The number of hydrogen-bond acceptors (Lipinski definition) is 3. The van der Waals surface area contributed by atoms with Crippen LogP contribution in [0, 0.1) is 5.92 Å². The predicted molar refractivity (Wildman–Crippen MR) is 80.2 cm³/mol. The van der Waals surface area contributed by atoms with Gasteiger partial charge in [0.25, 0.3) is 0 Å². The molecule has 2 amide bonds. The Balaban J connectivity index is 1.78. The molecule has 0 aromatic rings. The number of carbonyl (C=O) groups is 2. The number of piperazine rings is 1. The van der Waals surface area contributed by atoms with Crippen molar-refractivity contribution >= 4 is 12.0 Å². The Morgan fingerprint density at radius 1 is 1.14 bits per heavy atom. The number of carbonyl (C=O) groups excluding carboxylic acids is 1. The van der Waals surface area contributed by atoms with Gasteiger partial charge < -0.3 is 15.3 Å². The van der Waals surface area contributed by atoms with Crippen molar-refractivity contribution in [3.63, 3.8) is 0 Å². The molecule has 0 aromatic heterocycles. The lowest BCUT2D eigenvalue weighted by Crippen LogP contribution is -2.55. The average Bonchev–Trinajstić information content (AvgIpc) is 2.47. The molecule has 0 aromatic carbocycles. The van der Waals surface area contributed by atoms with Crippen molar-refractivity contribution in [1.82, 2.24) is 15.1 Å². The van der Waals surface area contributed by atoms with Crippen LogP contribution in [0.5, 0.6) is 0 Å². The van der Waals surface area contributed by atoms with E-state index in [9.17, 15) is 9.59 Å². The van der Waals surface area contributed by atoms with Crippen molar-refractivity contribution < 1.29 is 14.7 Å². The molecule has 6 nitrogen and oxygen atoms in total. The fourth-order valence-electron chi connectivity index (χ4n) is 3.25. The third kappa shape index (κ3) is 4.33. The molecule has 1 aliphatic carbocycles. The molecule has 120 valence electrons. The fraction of sp³-hybridized carbons (Fsp3) is 0.867. The van der Waals surface area contributed by atoms with Gasteiger partial charge in [-0.15, -0.1) is 0 Å². The summed E-state index contributed by atoms with van der Waals surface area (Å²) in [7, 11) is 0. The molecule has 2 atom stereocenters. The molecule has 0 radical (unpaired) electrons. The topological polar surface area (TPSA) is 72.9 Å². The second kappa shape index (κ2) is 7.11. The highest BCUT2D eigenvalue weighted by atomic mass is 16.4. The van der Waals surface area contributed by atoms with Gasteiger partial charge in [-0.05, 0) is 33.1 Å². The van der Waals surface area contributed by atoms with Crippen LogP contribution >= 0.6 is 0 Å². The highest BCUT2D eigenvalue weighted by Crippen LogP contribution is 2.24. The Morgan fingerprint density at radius 3 is 2.38 bits per heavy atom. The van der Waals surface area contributed by atoms with Crippen molar-refractivity contribution in [3.05, 3.63) is 0 Å². The van der Waals surface area contributed by atoms with Gasteiger partial charge >= 0.3 is 12.0 Å². The van der Waals surface area contributed by atoms with Crippen LogP contribution in [0.15, 0.2) is 0 Å². The number of carboxylic acids is 1. The van der Waals surface area contributed by atoms with Crippen LogP contribution in [0.2, 0.25) is 0 Å². The minimum atomic E-state index is -0.737. The first-order valence-electron chi connectivity index (χ1n) is 7.99. The molecule has 1 aliphatic heterocycles.